The molecule has 9 heteroatoms. The van der Waals surface area contributed by atoms with Gasteiger partial charge in [0.05, 0.1) is 16.1 Å². The van der Waals surface area contributed by atoms with Gasteiger partial charge < -0.3 is 9.15 Å². The minimum atomic E-state index is -4.07. The maximum Gasteiger partial charge on any atom is 0.340 e. The summed E-state index contributed by atoms with van der Waals surface area (Å²) in [6.45, 7) is 1.64. The van der Waals surface area contributed by atoms with Gasteiger partial charge in [-0.3, -0.25) is 4.72 Å². The van der Waals surface area contributed by atoms with Crippen LogP contribution in [0.15, 0.2) is 86.9 Å². The molecule has 0 bridgehead atoms. The monoisotopic (exact) mass is 467 g/mol. The van der Waals surface area contributed by atoms with E-state index in [4.69, 9.17) is 9.15 Å². The van der Waals surface area contributed by atoms with Crippen LogP contribution < -0.4 is 10.3 Å². The van der Waals surface area contributed by atoms with Crippen molar-refractivity contribution in [2.75, 3.05) is 4.72 Å². The maximum atomic E-state index is 13.1. The highest BCUT2D eigenvalue weighted by molar-refractivity contribution is 7.92. The highest BCUT2D eigenvalue weighted by atomic mass is 32.2. The summed E-state index contributed by atoms with van der Waals surface area (Å²) in [7, 11) is -4.07. The van der Waals surface area contributed by atoms with E-state index in [-0.39, 0.29) is 22.8 Å². The van der Waals surface area contributed by atoms with E-state index in [0.717, 1.165) is 29.8 Å². The lowest BCUT2D eigenvalue weighted by atomic mass is 10.1. The Morgan fingerprint density at radius 3 is 2.52 bits per heavy atom. The van der Waals surface area contributed by atoms with E-state index < -0.39 is 27.4 Å². The largest absolute Gasteiger partial charge is 0.457 e. The van der Waals surface area contributed by atoms with Crippen molar-refractivity contribution < 1.29 is 26.8 Å². The second-order valence-corrected chi connectivity index (χ2v) is 8.95. The Hall–Kier alpha value is -3.98. The summed E-state index contributed by atoms with van der Waals surface area (Å²) in [4.78, 5) is 24.5. The van der Waals surface area contributed by atoms with Crippen LogP contribution in [0.25, 0.3) is 11.0 Å². The summed E-state index contributed by atoms with van der Waals surface area (Å²) >= 11 is 0. The lowest BCUT2D eigenvalue weighted by molar-refractivity contribution is 0.0475. The van der Waals surface area contributed by atoms with Crippen LogP contribution in [0.2, 0.25) is 0 Å². The third-order valence-corrected chi connectivity index (χ3v) is 6.24. The molecule has 1 heterocycles. The van der Waals surface area contributed by atoms with E-state index in [1.54, 1.807) is 24.3 Å². The summed E-state index contributed by atoms with van der Waals surface area (Å²) in [5.74, 6) is -1.36. The summed E-state index contributed by atoms with van der Waals surface area (Å²) in [5.41, 5.74) is 1.14. The Morgan fingerprint density at radius 2 is 1.76 bits per heavy atom. The van der Waals surface area contributed by atoms with Crippen LogP contribution in [0.5, 0.6) is 0 Å². The van der Waals surface area contributed by atoms with Crippen molar-refractivity contribution in [3.05, 3.63) is 106 Å². The molecule has 0 aliphatic heterocycles. The van der Waals surface area contributed by atoms with Gasteiger partial charge in [-0.05, 0) is 55.0 Å². The topological polar surface area (TPSA) is 103 Å². The first kappa shape index (κ1) is 22.2. The molecule has 0 radical (unpaired) electrons. The molecule has 0 aliphatic rings. The first-order chi connectivity index (χ1) is 15.7. The van der Waals surface area contributed by atoms with Crippen molar-refractivity contribution in [1.82, 2.24) is 0 Å². The van der Waals surface area contributed by atoms with Crippen LogP contribution in [-0.2, 0) is 21.4 Å². The average Bonchev–Trinajstić information content (AvgIpc) is 2.77. The van der Waals surface area contributed by atoms with Gasteiger partial charge in [-0.25, -0.2) is 22.4 Å². The molecular formula is C24H18FNO6S. The van der Waals surface area contributed by atoms with Gasteiger partial charge in [0.15, 0.2) is 0 Å². The van der Waals surface area contributed by atoms with Crippen LogP contribution in [0.1, 0.15) is 21.5 Å². The van der Waals surface area contributed by atoms with Crippen LogP contribution in [-0.4, -0.2) is 14.4 Å². The highest BCUT2D eigenvalue weighted by Crippen LogP contribution is 2.23. The van der Waals surface area contributed by atoms with Gasteiger partial charge in [0.2, 0.25) is 0 Å². The van der Waals surface area contributed by atoms with Crippen molar-refractivity contribution in [3.8, 4) is 0 Å². The third kappa shape index (κ3) is 4.93. The number of esters is 1. The number of rotatable bonds is 6. The van der Waals surface area contributed by atoms with Crippen molar-refractivity contribution in [2.24, 2.45) is 0 Å². The van der Waals surface area contributed by atoms with Crippen LogP contribution in [0.4, 0.5) is 10.1 Å². The Labute approximate surface area is 188 Å². The molecule has 33 heavy (non-hydrogen) atoms. The summed E-state index contributed by atoms with van der Waals surface area (Å²) < 4.78 is 51.3. The zero-order valence-electron chi connectivity index (χ0n) is 17.4. The van der Waals surface area contributed by atoms with E-state index >= 15 is 0 Å². The zero-order chi connectivity index (χ0) is 23.6. The molecule has 0 spiro atoms. The first-order valence-corrected chi connectivity index (χ1v) is 11.3. The average molecular weight is 467 g/mol. The van der Waals surface area contributed by atoms with Crippen LogP contribution in [0, 0.1) is 12.7 Å². The molecule has 0 saturated heterocycles. The fourth-order valence-corrected chi connectivity index (χ4v) is 4.32. The van der Waals surface area contributed by atoms with Gasteiger partial charge >= 0.3 is 11.6 Å². The number of halogens is 1. The molecular weight excluding hydrogens is 449 g/mol. The fraction of sp³-hybridized carbons (Fsp3) is 0.0833. The van der Waals surface area contributed by atoms with Crippen molar-refractivity contribution in [2.45, 2.75) is 18.4 Å². The lowest BCUT2D eigenvalue weighted by Crippen LogP contribution is -2.16. The molecule has 1 aromatic heterocycles. The van der Waals surface area contributed by atoms with Gasteiger partial charge in [0, 0.05) is 17.0 Å². The van der Waals surface area contributed by atoms with Gasteiger partial charge in [-0.2, -0.15) is 0 Å². The lowest BCUT2D eigenvalue weighted by Gasteiger charge is -2.13. The molecule has 0 aliphatic carbocycles. The van der Waals surface area contributed by atoms with Crippen molar-refractivity contribution >= 4 is 32.6 Å². The number of nitrogens with one attached hydrogen (secondary N) is 1. The molecule has 168 valence electrons. The predicted molar refractivity (Wildman–Crippen MR) is 120 cm³/mol. The number of fused-ring (bicyclic) bond motifs is 1. The Morgan fingerprint density at radius 1 is 1.03 bits per heavy atom. The minimum Gasteiger partial charge on any atom is -0.457 e. The second kappa shape index (κ2) is 8.87. The molecule has 0 saturated carbocycles. The van der Waals surface area contributed by atoms with Crippen molar-refractivity contribution in [3.63, 3.8) is 0 Å². The smallest absolute Gasteiger partial charge is 0.340 e. The standard InChI is InChI=1S/C24H18FNO6S/c1-15-6-11-19-16(13-23(27)32-22(19)12-15)14-31-24(28)20-4-2-3-5-21(20)26-33(29,30)18-9-7-17(25)8-10-18/h2-13,26H,14H2,1H3. The molecule has 1 N–H and O–H groups in total. The normalized spacial score (nSPS) is 11.3. The Bertz CT molecular complexity index is 1510. The highest BCUT2D eigenvalue weighted by Gasteiger charge is 2.20. The van der Waals surface area contributed by atoms with E-state index in [1.165, 1.54) is 18.2 Å². The number of carbonyl (C=O) groups excluding carboxylic acids is 1. The molecule has 3 aromatic carbocycles. The molecule has 7 nitrogen and oxygen atoms in total. The van der Waals surface area contributed by atoms with Gasteiger partial charge in [-0.15, -0.1) is 0 Å². The SMILES string of the molecule is Cc1ccc2c(COC(=O)c3ccccc3NS(=O)(=O)c3ccc(F)cc3)cc(=O)oc2c1. The van der Waals surface area contributed by atoms with Gasteiger partial charge in [0.25, 0.3) is 10.0 Å². The Kier molecular flexibility index (Phi) is 5.97. The fourth-order valence-electron chi connectivity index (χ4n) is 3.25. The van der Waals surface area contributed by atoms with Crippen LogP contribution >= 0.6 is 0 Å². The maximum absolute atomic E-state index is 13.1. The van der Waals surface area contributed by atoms with E-state index in [0.29, 0.717) is 16.5 Å². The Balaban J connectivity index is 1.58. The number of hydrogen-bond acceptors (Lipinski definition) is 6. The third-order valence-electron chi connectivity index (χ3n) is 4.86. The molecule has 0 fully saturated rings. The number of aryl methyl sites for hydroxylation is 1. The number of anilines is 1. The quantitative estimate of drug-likeness (QED) is 0.333. The zero-order valence-corrected chi connectivity index (χ0v) is 18.2. The molecule has 0 amide bonds. The second-order valence-electron chi connectivity index (χ2n) is 7.27. The number of hydrogen-bond donors (Lipinski definition) is 1. The van der Waals surface area contributed by atoms with Gasteiger partial charge in [-0.1, -0.05) is 24.3 Å². The van der Waals surface area contributed by atoms with Crippen LogP contribution in [0.3, 0.4) is 0 Å². The number of carbonyl (C=O) groups is 1. The van der Waals surface area contributed by atoms with E-state index in [1.807, 2.05) is 13.0 Å². The molecule has 0 atom stereocenters. The molecule has 0 unspecified atom stereocenters. The summed E-state index contributed by atoms with van der Waals surface area (Å²) in [6.07, 6.45) is 0. The number of sulfonamides is 1. The molecule has 4 rings (SSSR count). The summed E-state index contributed by atoms with van der Waals surface area (Å²) in [6, 6.07) is 16.8. The van der Waals surface area contributed by atoms with E-state index in [9.17, 15) is 22.4 Å². The number of para-hydroxylation sites is 1. The van der Waals surface area contributed by atoms with E-state index in [2.05, 4.69) is 4.72 Å². The number of benzene rings is 3. The first-order valence-electron chi connectivity index (χ1n) is 9.81. The predicted octanol–water partition coefficient (Wildman–Crippen LogP) is 4.40. The number of ether oxygens (including phenoxy) is 1. The van der Waals surface area contributed by atoms with Gasteiger partial charge in [0.1, 0.15) is 18.0 Å². The van der Waals surface area contributed by atoms with Crippen molar-refractivity contribution in [1.29, 1.82) is 0 Å². The minimum absolute atomic E-state index is 0.000108. The molecule has 4 aromatic rings. The summed E-state index contributed by atoms with van der Waals surface area (Å²) in [5, 5.41) is 0.623.